The van der Waals surface area contributed by atoms with Crippen molar-refractivity contribution in [2.75, 3.05) is 17.3 Å². The van der Waals surface area contributed by atoms with Crippen LogP contribution < -0.4 is 9.75 Å². The molecule has 0 spiro atoms. The van der Waals surface area contributed by atoms with E-state index >= 15 is 0 Å². The number of carbonyl (C=O) groups excluding carboxylic acids is 1. The number of hydrogen-bond donors (Lipinski definition) is 0. The average Bonchev–Trinajstić information content (AvgIpc) is 3.15. The first-order valence-corrected chi connectivity index (χ1v) is 9.63. The lowest BCUT2D eigenvalue weighted by molar-refractivity contribution is 0.138. The summed E-state index contributed by atoms with van der Waals surface area (Å²) < 4.78 is 25.7. The maximum atomic E-state index is 13.0. The monoisotopic (exact) mass is 400 g/mol. The molecule has 28 heavy (non-hydrogen) atoms. The van der Waals surface area contributed by atoms with Crippen LogP contribution in [0.2, 0.25) is 0 Å². The smallest absolute Gasteiger partial charge is 0.429 e. The van der Waals surface area contributed by atoms with Crippen molar-refractivity contribution in [2.24, 2.45) is 0 Å². The highest BCUT2D eigenvalue weighted by atomic mass is 32.2. The van der Waals surface area contributed by atoms with Gasteiger partial charge in [0, 0.05) is 5.75 Å². The van der Waals surface area contributed by atoms with Crippen LogP contribution in [-0.4, -0.2) is 33.3 Å². The molecule has 0 fully saturated rings. The van der Waals surface area contributed by atoms with Gasteiger partial charge in [-0.15, -0.1) is 10.2 Å². The molecule has 0 saturated carbocycles. The number of benzene rings is 2. The van der Waals surface area contributed by atoms with E-state index in [4.69, 9.17) is 9.47 Å². The van der Waals surface area contributed by atoms with Crippen LogP contribution >= 0.6 is 11.8 Å². The van der Waals surface area contributed by atoms with Crippen LogP contribution in [0.4, 0.5) is 9.18 Å². The van der Waals surface area contributed by atoms with Gasteiger partial charge in [0.1, 0.15) is 24.8 Å². The van der Waals surface area contributed by atoms with E-state index in [0.717, 1.165) is 5.56 Å². The lowest BCUT2D eigenvalue weighted by Crippen LogP contribution is -2.46. The van der Waals surface area contributed by atoms with Gasteiger partial charge in [-0.1, -0.05) is 42.1 Å². The molecule has 0 unspecified atom stereocenters. The Morgan fingerprint density at radius 1 is 1.07 bits per heavy atom. The van der Waals surface area contributed by atoms with E-state index in [1.807, 2.05) is 30.3 Å². The minimum Gasteiger partial charge on any atom is -0.486 e. The quantitative estimate of drug-likeness (QED) is 0.654. The zero-order valence-corrected chi connectivity index (χ0v) is 15.6. The Hall–Kier alpha value is -3.07. The Labute approximate surface area is 165 Å². The van der Waals surface area contributed by atoms with E-state index in [9.17, 15) is 9.18 Å². The summed E-state index contributed by atoms with van der Waals surface area (Å²) in [7, 11) is 0. The first-order chi connectivity index (χ1) is 13.7. The van der Waals surface area contributed by atoms with E-state index in [1.54, 1.807) is 4.68 Å². The van der Waals surface area contributed by atoms with E-state index < -0.39 is 6.09 Å². The van der Waals surface area contributed by atoms with Gasteiger partial charge < -0.3 is 9.47 Å². The van der Waals surface area contributed by atoms with Crippen LogP contribution in [0.15, 0.2) is 59.8 Å². The lowest BCUT2D eigenvalue weighted by atomic mass is 10.2. The summed E-state index contributed by atoms with van der Waals surface area (Å²) in [4.78, 5) is 12.6. The molecule has 2 aromatic carbocycles. The van der Waals surface area contributed by atoms with E-state index in [1.165, 1.54) is 41.0 Å². The van der Waals surface area contributed by atoms with Crippen LogP contribution in [0.25, 0.3) is 0 Å². The fourth-order valence-electron chi connectivity index (χ4n) is 2.69. The first-order valence-electron chi connectivity index (χ1n) is 8.64. The summed E-state index contributed by atoms with van der Waals surface area (Å²) in [6, 6.07) is 15.2. The number of nitrogens with zero attached hydrogens (tertiary/aromatic N) is 4. The van der Waals surface area contributed by atoms with E-state index in [-0.39, 0.29) is 19.0 Å². The molecule has 1 aliphatic heterocycles. The number of ether oxygens (including phenoxy) is 2. The molecule has 9 heteroatoms. The highest BCUT2D eigenvalue weighted by Crippen LogP contribution is 2.24. The number of halogens is 1. The van der Waals surface area contributed by atoms with Crippen molar-refractivity contribution in [3.8, 4) is 5.75 Å². The third kappa shape index (κ3) is 4.09. The molecule has 0 bridgehead atoms. The van der Waals surface area contributed by atoms with Gasteiger partial charge in [0.2, 0.25) is 5.16 Å². The van der Waals surface area contributed by atoms with Gasteiger partial charge in [0.15, 0.2) is 5.82 Å². The Kier molecular flexibility index (Phi) is 5.43. The predicted octanol–water partition coefficient (Wildman–Crippen LogP) is 3.38. The first kappa shape index (κ1) is 18.3. The van der Waals surface area contributed by atoms with Crippen LogP contribution in [0.5, 0.6) is 5.75 Å². The minimum absolute atomic E-state index is 0.0850. The minimum atomic E-state index is -0.478. The molecule has 3 aromatic rings. The van der Waals surface area contributed by atoms with Crippen LogP contribution in [0, 0.1) is 5.82 Å². The van der Waals surface area contributed by atoms with Gasteiger partial charge in [-0.3, -0.25) is 0 Å². The second-order valence-electron chi connectivity index (χ2n) is 5.96. The molecule has 0 saturated heterocycles. The second-order valence-corrected chi connectivity index (χ2v) is 7.03. The third-order valence-electron chi connectivity index (χ3n) is 4.05. The Morgan fingerprint density at radius 3 is 2.64 bits per heavy atom. The fraction of sp³-hybridized carbons (Fsp3) is 0.211. The number of rotatable bonds is 5. The van der Waals surface area contributed by atoms with Gasteiger partial charge >= 0.3 is 6.09 Å². The van der Waals surface area contributed by atoms with Crippen molar-refractivity contribution in [1.82, 2.24) is 14.9 Å². The zero-order valence-electron chi connectivity index (χ0n) is 14.8. The summed E-state index contributed by atoms with van der Waals surface area (Å²) in [5.74, 6) is 1.32. The summed E-state index contributed by atoms with van der Waals surface area (Å²) in [6.45, 7) is 0.733. The maximum absolute atomic E-state index is 13.0. The van der Waals surface area contributed by atoms with Crippen LogP contribution in [0.3, 0.4) is 0 Å². The standard InChI is InChI=1S/C19H17FN4O3S/c20-15-6-8-16(9-7-15)26-13-17-21-22-18-24(17)23(10-11-28-18)19(25)27-12-14-4-2-1-3-5-14/h1-9H,10-13H2. The molecule has 7 nitrogen and oxygen atoms in total. The Morgan fingerprint density at radius 2 is 1.86 bits per heavy atom. The SMILES string of the molecule is O=C(OCc1ccccc1)N1CCSc2nnc(COc3ccc(F)cc3)n21. The van der Waals surface area contributed by atoms with E-state index in [0.29, 0.717) is 29.0 Å². The summed E-state index contributed by atoms with van der Waals surface area (Å²) >= 11 is 1.50. The van der Waals surface area contributed by atoms with Crippen LogP contribution in [0.1, 0.15) is 11.4 Å². The molecule has 0 atom stereocenters. The number of thioether (sulfide) groups is 1. The Bertz CT molecular complexity index is 950. The number of aromatic nitrogens is 3. The molecule has 1 aromatic heterocycles. The number of amides is 1. The van der Waals surface area contributed by atoms with Crippen molar-refractivity contribution in [1.29, 1.82) is 0 Å². The second kappa shape index (κ2) is 8.30. The molecule has 0 aliphatic carbocycles. The lowest BCUT2D eigenvalue weighted by Gasteiger charge is -2.28. The number of carbonyl (C=O) groups is 1. The predicted molar refractivity (Wildman–Crippen MR) is 101 cm³/mol. The summed E-state index contributed by atoms with van der Waals surface area (Å²) in [6.07, 6.45) is -0.478. The molecule has 1 aliphatic rings. The van der Waals surface area contributed by atoms with Crippen molar-refractivity contribution < 1.29 is 18.7 Å². The molecule has 1 amide bonds. The molecule has 144 valence electrons. The Balaban J connectivity index is 1.46. The highest BCUT2D eigenvalue weighted by Gasteiger charge is 2.28. The maximum Gasteiger partial charge on any atom is 0.429 e. The van der Waals surface area contributed by atoms with Gasteiger partial charge in [-0.2, -0.15) is 0 Å². The molecule has 0 radical (unpaired) electrons. The highest BCUT2D eigenvalue weighted by molar-refractivity contribution is 7.99. The van der Waals surface area contributed by atoms with Crippen molar-refractivity contribution in [3.05, 3.63) is 71.8 Å². The van der Waals surface area contributed by atoms with Crippen molar-refractivity contribution in [3.63, 3.8) is 0 Å². The number of hydrogen-bond acceptors (Lipinski definition) is 6. The van der Waals surface area contributed by atoms with Gasteiger partial charge in [0.05, 0.1) is 6.54 Å². The molecular weight excluding hydrogens is 383 g/mol. The van der Waals surface area contributed by atoms with Gasteiger partial charge in [0.25, 0.3) is 0 Å². The third-order valence-corrected chi connectivity index (χ3v) is 4.95. The normalized spacial score (nSPS) is 13.1. The zero-order chi connectivity index (χ0) is 19.3. The van der Waals surface area contributed by atoms with Crippen molar-refractivity contribution >= 4 is 17.9 Å². The average molecular weight is 400 g/mol. The fourth-order valence-corrected chi connectivity index (χ4v) is 3.56. The summed E-state index contributed by atoms with van der Waals surface area (Å²) in [5, 5.41) is 10.3. The van der Waals surface area contributed by atoms with Crippen LogP contribution in [-0.2, 0) is 18.0 Å². The summed E-state index contributed by atoms with van der Waals surface area (Å²) in [5.41, 5.74) is 0.908. The molecule has 2 heterocycles. The topological polar surface area (TPSA) is 69.5 Å². The molecular formula is C19H17FN4O3S. The largest absolute Gasteiger partial charge is 0.486 e. The van der Waals surface area contributed by atoms with Gasteiger partial charge in [-0.25, -0.2) is 18.9 Å². The molecule has 4 rings (SSSR count). The molecule has 0 N–H and O–H groups in total. The van der Waals surface area contributed by atoms with E-state index in [2.05, 4.69) is 10.2 Å². The van der Waals surface area contributed by atoms with Crippen molar-refractivity contribution in [2.45, 2.75) is 18.4 Å². The van der Waals surface area contributed by atoms with Gasteiger partial charge in [-0.05, 0) is 29.8 Å². The number of fused-ring (bicyclic) bond motifs is 1.